The van der Waals surface area contributed by atoms with E-state index in [1.165, 1.54) is 28.8 Å². The third-order valence-electron chi connectivity index (χ3n) is 6.81. The van der Waals surface area contributed by atoms with E-state index < -0.39 is 12.0 Å². The van der Waals surface area contributed by atoms with Crippen LogP contribution >= 0.6 is 0 Å². The van der Waals surface area contributed by atoms with Crippen LogP contribution in [0.15, 0.2) is 36.4 Å². The highest BCUT2D eigenvalue weighted by Crippen LogP contribution is 2.34. The van der Waals surface area contributed by atoms with Crippen molar-refractivity contribution in [2.24, 2.45) is 0 Å². The molecule has 0 spiro atoms. The number of rotatable bonds is 6. The predicted molar refractivity (Wildman–Crippen MR) is 131 cm³/mol. The lowest BCUT2D eigenvalue weighted by Crippen LogP contribution is -2.48. The lowest BCUT2D eigenvalue weighted by molar-refractivity contribution is 0.0125. The Bertz CT molecular complexity index is 1220. The van der Waals surface area contributed by atoms with Gasteiger partial charge in [-0.15, -0.1) is 0 Å². The van der Waals surface area contributed by atoms with Crippen LogP contribution in [0.25, 0.3) is 10.8 Å². The standard InChI is InChI=1S/C27H32N2O5/c1-16-17(2)19(4)26-21(18(16)3)6-5-7-22(26)25(31)15-34-20-8-9-23(24(30)14-20)27(32)28-29-10-12-33-13-11-29/h5-9,14,25,30-31H,10-13,15H2,1-4H3,(H,28,32). The molecule has 1 amide bonds. The number of aryl methyl sites for hydroxylation is 2. The van der Waals surface area contributed by atoms with Crippen LogP contribution < -0.4 is 10.2 Å². The van der Waals surface area contributed by atoms with Crippen LogP contribution in [-0.2, 0) is 4.74 Å². The number of aliphatic hydroxyl groups excluding tert-OH is 1. The highest BCUT2D eigenvalue weighted by molar-refractivity contribution is 5.96. The van der Waals surface area contributed by atoms with Gasteiger partial charge in [0.15, 0.2) is 0 Å². The Morgan fingerprint density at radius 3 is 2.47 bits per heavy atom. The van der Waals surface area contributed by atoms with Crippen molar-refractivity contribution in [3.05, 3.63) is 69.8 Å². The number of phenols is 1. The van der Waals surface area contributed by atoms with Gasteiger partial charge in [0.1, 0.15) is 24.2 Å². The number of morpholine rings is 1. The van der Waals surface area contributed by atoms with Crippen molar-refractivity contribution in [1.29, 1.82) is 0 Å². The summed E-state index contributed by atoms with van der Waals surface area (Å²) in [4.78, 5) is 12.5. The Labute approximate surface area is 199 Å². The Hall–Kier alpha value is -3.13. The number of ether oxygens (including phenoxy) is 2. The molecule has 1 unspecified atom stereocenters. The second-order valence-corrected chi connectivity index (χ2v) is 8.82. The first kappa shape index (κ1) is 24.0. The normalized spacial score (nSPS) is 15.3. The summed E-state index contributed by atoms with van der Waals surface area (Å²) in [6, 6.07) is 10.5. The van der Waals surface area contributed by atoms with E-state index >= 15 is 0 Å². The van der Waals surface area contributed by atoms with Gasteiger partial charge in [0.2, 0.25) is 0 Å². The first-order valence-corrected chi connectivity index (χ1v) is 11.5. The number of hydrogen-bond donors (Lipinski definition) is 3. The SMILES string of the molecule is Cc1c(C)c(C)c2c(C(O)COc3ccc(C(=O)NN4CCOCC4)c(O)c3)cccc2c1C. The van der Waals surface area contributed by atoms with Gasteiger partial charge in [0, 0.05) is 19.2 Å². The number of phenolic OH excluding ortho intramolecular Hbond substituents is 1. The third kappa shape index (κ3) is 4.73. The molecule has 0 bridgehead atoms. The lowest BCUT2D eigenvalue weighted by atomic mass is 9.88. The van der Waals surface area contributed by atoms with Gasteiger partial charge >= 0.3 is 0 Å². The molecule has 3 aromatic rings. The number of fused-ring (bicyclic) bond motifs is 1. The van der Waals surface area contributed by atoms with Crippen LogP contribution in [0.4, 0.5) is 0 Å². The number of benzene rings is 3. The summed E-state index contributed by atoms with van der Waals surface area (Å²) in [5.41, 5.74) is 8.60. The molecule has 34 heavy (non-hydrogen) atoms. The minimum absolute atomic E-state index is 0.0171. The molecule has 3 aromatic carbocycles. The number of nitrogens with zero attached hydrogens (tertiary/aromatic N) is 1. The van der Waals surface area contributed by atoms with E-state index in [9.17, 15) is 15.0 Å². The van der Waals surface area contributed by atoms with Crippen LogP contribution in [0, 0.1) is 27.7 Å². The number of hydrazine groups is 1. The largest absolute Gasteiger partial charge is 0.507 e. The smallest absolute Gasteiger partial charge is 0.269 e. The van der Waals surface area contributed by atoms with E-state index in [2.05, 4.69) is 39.2 Å². The van der Waals surface area contributed by atoms with Crippen molar-refractivity contribution in [3.63, 3.8) is 0 Å². The van der Waals surface area contributed by atoms with E-state index in [1.54, 1.807) is 11.1 Å². The van der Waals surface area contributed by atoms with Crippen LogP contribution in [-0.4, -0.2) is 54.0 Å². The minimum atomic E-state index is -0.852. The second kappa shape index (κ2) is 10.0. The number of carbonyl (C=O) groups is 1. The van der Waals surface area contributed by atoms with E-state index in [1.807, 2.05) is 12.1 Å². The Morgan fingerprint density at radius 2 is 1.76 bits per heavy atom. The Balaban J connectivity index is 1.48. The molecule has 0 saturated carbocycles. The molecule has 3 N–H and O–H groups in total. The summed E-state index contributed by atoms with van der Waals surface area (Å²) in [7, 11) is 0. The lowest BCUT2D eigenvalue weighted by Gasteiger charge is -2.27. The molecular formula is C27H32N2O5. The molecule has 0 radical (unpaired) electrons. The Morgan fingerprint density at radius 1 is 1.06 bits per heavy atom. The molecule has 1 heterocycles. The summed E-state index contributed by atoms with van der Waals surface area (Å²) in [5, 5.41) is 25.3. The maximum Gasteiger partial charge on any atom is 0.269 e. The maximum atomic E-state index is 12.5. The summed E-state index contributed by atoms with van der Waals surface area (Å²) in [6.07, 6.45) is -0.852. The zero-order valence-corrected chi connectivity index (χ0v) is 20.1. The molecule has 1 aliphatic heterocycles. The molecule has 0 aliphatic carbocycles. The molecule has 1 saturated heterocycles. The van der Waals surface area contributed by atoms with Gasteiger partial charge in [-0.25, -0.2) is 5.01 Å². The summed E-state index contributed by atoms with van der Waals surface area (Å²) in [6.45, 7) is 10.7. The van der Waals surface area contributed by atoms with Crippen molar-refractivity contribution in [2.45, 2.75) is 33.8 Å². The van der Waals surface area contributed by atoms with Crippen molar-refractivity contribution in [1.82, 2.24) is 10.4 Å². The van der Waals surface area contributed by atoms with Gasteiger partial charge in [-0.1, -0.05) is 18.2 Å². The predicted octanol–water partition coefficient (Wildman–Crippen LogP) is 3.87. The van der Waals surface area contributed by atoms with Gasteiger partial charge in [0.25, 0.3) is 5.91 Å². The molecule has 1 aliphatic rings. The Kier molecular flexibility index (Phi) is 7.07. The van der Waals surface area contributed by atoms with Crippen LogP contribution in [0.1, 0.15) is 44.3 Å². The minimum Gasteiger partial charge on any atom is -0.507 e. The summed E-state index contributed by atoms with van der Waals surface area (Å²) < 4.78 is 11.1. The average molecular weight is 465 g/mol. The number of aromatic hydroxyl groups is 1. The van der Waals surface area contributed by atoms with Crippen molar-refractivity contribution in [2.75, 3.05) is 32.9 Å². The fraction of sp³-hybridized carbons (Fsp3) is 0.370. The molecule has 0 aromatic heterocycles. The number of amides is 1. The summed E-state index contributed by atoms with van der Waals surface area (Å²) >= 11 is 0. The number of hydrogen-bond acceptors (Lipinski definition) is 6. The zero-order valence-electron chi connectivity index (χ0n) is 20.1. The topological polar surface area (TPSA) is 91.3 Å². The highest BCUT2D eigenvalue weighted by atomic mass is 16.5. The van der Waals surface area contributed by atoms with Gasteiger partial charge in [-0.3, -0.25) is 10.2 Å². The fourth-order valence-corrected chi connectivity index (χ4v) is 4.47. The van der Waals surface area contributed by atoms with Crippen molar-refractivity contribution >= 4 is 16.7 Å². The monoisotopic (exact) mass is 464 g/mol. The zero-order chi connectivity index (χ0) is 24.4. The van der Waals surface area contributed by atoms with Gasteiger partial charge in [0.05, 0.1) is 18.8 Å². The van der Waals surface area contributed by atoms with Crippen molar-refractivity contribution < 1.29 is 24.5 Å². The molecule has 7 heteroatoms. The molecular weight excluding hydrogens is 432 g/mol. The number of aliphatic hydroxyl groups is 1. The first-order chi connectivity index (χ1) is 16.3. The third-order valence-corrected chi connectivity index (χ3v) is 6.81. The first-order valence-electron chi connectivity index (χ1n) is 11.5. The van der Waals surface area contributed by atoms with E-state index in [0.29, 0.717) is 32.1 Å². The van der Waals surface area contributed by atoms with Crippen LogP contribution in [0.2, 0.25) is 0 Å². The van der Waals surface area contributed by atoms with Crippen LogP contribution in [0.5, 0.6) is 11.5 Å². The van der Waals surface area contributed by atoms with E-state index in [0.717, 1.165) is 21.9 Å². The fourth-order valence-electron chi connectivity index (χ4n) is 4.47. The maximum absolute atomic E-state index is 12.5. The van der Waals surface area contributed by atoms with Gasteiger partial charge in [-0.2, -0.15) is 0 Å². The van der Waals surface area contributed by atoms with Crippen molar-refractivity contribution in [3.8, 4) is 11.5 Å². The molecule has 1 fully saturated rings. The molecule has 180 valence electrons. The van der Waals surface area contributed by atoms with Gasteiger partial charge < -0.3 is 19.7 Å². The van der Waals surface area contributed by atoms with Gasteiger partial charge in [-0.05, 0) is 78.4 Å². The summed E-state index contributed by atoms with van der Waals surface area (Å²) in [5.74, 6) is -0.196. The number of nitrogens with one attached hydrogen (secondary N) is 1. The number of carbonyl (C=O) groups excluding carboxylic acids is 1. The average Bonchev–Trinajstić information content (AvgIpc) is 2.84. The second-order valence-electron chi connectivity index (χ2n) is 8.82. The molecule has 4 rings (SSSR count). The quantitative estimate of drug-likeness (QED) is 0.513. The van der Waals surface area contributed by atoms with Crippen LogP contribution in [0.3, 0.4) is 0 Å². The van der Waals surface area contributed by atoms with E-state index in [-0.39, 0.29) is 17.9 Å². The van der Waals surface area contributed by atoms with E-state index in [4.69, 9.17) is 9.47 Å². The molecule has 7 nitrogen and oxygen atoms in total. The highest BCUT2D eigenvalue weighted by Gasteiger charge is 2.19. The molecule has 1 atom stereocenters.